The van der Waals surface area contributed by atoms with Crippen LogP contribution < -0.4 is 31.9 Å². The van der Waals surface area contributed by atoms with Gasteiger partial charge in [-0.15, -0.1) is 0 Å². The summed E-state index contributed by atoms with van der Waals surface area (Å²) in [5.41, 5.74) is 9.03. The van der Waals surface area contributed by atoms with Crippen LogP contribution in [0.4, 0.5) is 15.3 Å². The maximum atomic E-state index is 15.0. The molecule has 1 saturated heterocycles. The van der Waals surface area contributed by atoms with Crippen molar-refractivity contribution in [1.29, 1.82) is 0 Å². The third-order valence-corrected chi connectivity index (χ3v) is 23.5. The molecule has 8 amide bonds. The number of nitrogens with one attached hydrogen (secondary N) is 6. The van der Waals surface area contributed by atoms with Crippen molar-refractivity contribution >= 4 is 53.3 Å². The number of fused-ring (bicyclic) bond motifs is 3. The second kappa shape index (κ2) is 42.9. The minimum absolute atomic E-state index is 0.0266. The summed E-state index contributed by atoms with van der Waals surface area (Å²) in [6.07, 6.45) is -0.774. The molecule has 626 valence electrons. The minimum atomic E-state index is -1.16. The number of likely N-dealkylation sites (N-methyl/N-ethyl adjacent to an activating group) is 2. The topological polar surface area (TPSA) is 276 Å². The Morgan fingerprint density at radius 2 is 1.11 bits per heavy atom. The SMILES string of the molecule is CC[C@H](C)[C@@H]([C@@H](CC(=O)N1CCC[C@H]1[C@H](OC)[C@@H](C)C(=O)N[C@H](C)[C@@H](O)c1ccccc1)OC)N(C)C(=O)[C@@H](NC(=O)[C@H](C(C)C)N(C)C(=O)OCc1ccc(NC(=O)[C@H](CCCCNC(c2ccccc2)(c2ccccc2)c2ccccc2)NC(=O)[C@H](Cc2ccccc2)NC(=O)OCC2c3ccccc3-c3ccccc32)cc1)C(C)C. The van der Waals surface area contributed by atoms with Gasteiger partial charge in [0.25, 0.3) is 0 Å². The Morgan fingerprint density at radius 1 is 0.559 bits per heavy atom. The number of aliphatic hydroxyl groups is 1. The van der Waals surface area contributed by atoms with Gasteiger partial charge in [0.1, 0.15) is 37.4 Å². The molecule has 10 rings (SSSR count). The molecule has 22 heteroatoms. The van der Waals surface area contributed by atoms with Crippen LogP contribution >= 0.6 is 0 Å². The Bertz CT molecular complexity index is 4440. The first-order valence-corrected chi connectivity index (χ1v) is 41.5. The molecule has 8 aromatic rings. The monoisotopic (exact) mass is 1610 g/mol. The highest BCUT2D eigenvalue weighted by Gasteiger charge is 2.45. The first-order chi connectivity index (χ1) is 56.9. The zero-order chi connectivity index (χ0) is 84.6. The first kappa shape index (κ1) is 89.3. The van der Waals surface area contributed by atoms with Gasteiger partial charge in [-0.2, -0.15) is 0 Å². The van der Waals surface area contributed by atoms with Crippen molar-refractivity contribution < 1.29 is 62.4 Å². The van der Waals surface area contributed by atoms with Crippen LogP contribution in [0.1, 0.15) is 157 Å². The van der Waals surface area contributed by atoms with E-state index in [0.29, 0.717) is 62.0 Å². The number of hydrogen-bond acceptors (Lipinski definition) is 14. The van der Waals surface area contributed by atoms with Gasteiger partial charge < -0.3 is 60.4 Å². The molecule has 2 aliphatic rings. The highest BCUT2D eigenvalue weighted by molar-refractivity contribution is 5.98. The summed E-state index contributed by atoms with van der Waals surface area (Å²) >= 11 is 0. The van der Waals surface area contributed by atoms with Crippen molar-refractivity contribution in [2.45, 2.75) is 185 Å². The standard InChI is InChI=1S/C96H119N9O13/c1-13-64(6)86(82(115-11)59-83(106)105-57-35-51-81(105)88(116-12)65(7)89(108)98-66(8)87(107)69-38-21-15-22-39-69)103(9)93(112)84(62(2)3)102-92(111)85(63(4)5)104(10)95(114)118-60-68-52-54-73(55-53-68)99-90(109)79(50-33-34-56-97-96(70-40-23-16-24-41-70,71-42-25-17-26-43-71)72-44-27-18-28-45-72)100-91(110)80(58-67-36-19-14-20-37-67)101-94(113)117-61-78-76-48-31-29-46-74(76)75-47-30-32-49-77(75)78/h14-32,36-49,52-55,62-66,78-82,84-88,97,107H,13,33-35,50-51,56-61H2,1-12H3,(H,98,108)(H,99,109)(H,100,110)(H,101,113)(H,102,111)/t64-,65+,66+,79-,80-,81-,82+,84-,85-,86-,87+,88+/m0/s1. The average molecular weight is 1610 g/mol. The highest BCUT2D eigenvalue weighted by atomic mass is 16.6. The summed E-state index contributed by atoms with van der Waals surface area (Å²) in [6, 6.07) is 66.0. The quantitative estimate of drug-likeness (QED) is 0.0139. The molecule has 0 radical (unpaired) electrons. The molecule has 0 spiro atoms. The molecule has 12 atom stereocenters. The highest BCUT2D eigenvalue weighted by Crippen LogP contribution is 2.45. The summed E-state index contributed by atoms with van der Waals surface area (Å²) in [4.78, 5) is 121. The summed E-state index contributed by atoms with van der Waals surface area (Å²) in [5.74, 6) is -4.59. The third kappa shape index (κ3) is 22.2. The molecule has 22 nitrogen and oxygen atoms in total. The maximum Gasteiger partial charge on any atom is 0.410 e. The number of hydrogen-bond donors (Lipinski definition) is 7. The van der Waals surface area contributed by atoms with Gasteiger partial charge in [-0.05, 0) is 131 Å². The summed E-state index contributed by atoms with van der Waals surface area (Å²) < 4.78 is 24.0. The fourth-order valence-electron chi connectivity index (χ4n) is 16.9. The lowest BCUT2D eigenvalue weighted by Gasteiger charge is -2.41. The number of rotatable bonds is 40. The number of methoxy groups -OCH3 is 2. The number of carbonyl (C=O) groups is 8. The van der Waals surface area contributed by atoms with Crippen molar-refractivity contribution in [2.24, 2.45) is 23.7 Å². The number of amides is 8. The lowest BCUT2D eigenvalue weighted by molar-refractivity contribution is -0.148. The number of nitrogens with zero attached hydrogens (tertiary/aromatic N) is 3. The van der Waals surface area contributed by atoms with Crippen LogP contribution in [-0.4, -0.2) is 170 Å². The van der Waals surface area contributed by atoms with Crippen molar-refractivity contribution in [1.82, 2.24) is 41.3 Å². The van der Waals surface area contributed by atoms with Crippen LogP contribution in [0.15, 0.2) is 224 Å². The summed E-state index contributed by atoms with van der Waals surface area (Å²) in [5, 5.41) is 29.8. The molecule has 1 heterocycles. The Labute approximate surface area is 695 Å². The van der Waals surface area contributed by atoms with Crippen molar-refractivity contribution in [2.75, 3.05) is 53.3 Å². The van der Waals surface area contributed by atoms with E-state index in [-0.39, 0.29) is 56.1 Å². The molecular formula is C96H119N9O13. The minimum Gasteiger partial charge on any atom is -0.449 e. The lowest BCUT2D eigenvalue weighted by Crippen LogP contribution is -2.60. The molecule has 8 aromatic carbocycles. The van der Waals surface area contributed by atoms with Gasteiger partial charge in [-0.1, -0.05) is 267 Å². The van der Waals surface area contributed by atoms with Crippen LogP contribution in [0, 0.1) is 23.7 Å². The zero-order valence-electron chi connectivity index (χ0n) is 70.2. The van der Waals surface area contributed by atoms with Gasteiger partial charge in [0.05, 0.1) is 54.3 Å². The van der Waals surface area contributed by atoms with Crippen LogP contribution in [0.5, 0.6) is 0 Å². The van der Waals surface area contributed by atoms with E-state index in [2.05, 4.69) is 80.4 Å². The molecule has 118 heavy (non-hydrogen) atoms. The molecule has 1 aliphatic heterocycles. The Morgan fingerprint density at radius 3 is 1.65 bits per heavy atom. The number of carbonyl (C=O) groups excluding carboxylic acids is 8. The number of benzene rings is 8. The van der Waals surface area contributed by atoms with Gasteiger partial charge in [-0.25, -0.2) is 9.59 Å². The van der Waals surface area contributed by atoms with Crippen LogP contribution in [0.2, 0.25) is 0 Å². The second-order valence-corrected chi connectivity index (χ2v) is 32.1. The molecular weight excluding hydrogens is 1490 g/mol. The molecule has 1 fully saturated rings. The van der Waals surface area contributed by atoms with Crippen molar-refractivity contribution in [3.05, 3.63) is 269 Å². The molecule has 0 unspecified atom stereocenters. The van der Waals surface area contributed by atoms with E-state index in [1.807, 2.05) is 167 Å². The Hall–Kier alpha value is -11.0. The number of unbranched alkanes of at least 4 members (excludes halogenated alkanes) is 1. The number of aliphatic hydroxyl groups excluding tert-OH is 1. The predicted octanol–water partition coefficient (Wildman–Crippen LogP) is 13.9. The summed E-state index contributed by atoms with van der Waals surface area (Å²) in [6.45, 7) is 15.5. The maximum absolute atomic E-state index is 15.0. The Kier molecular flexibility index (Phi) is 32.5. The van der Waals surface area contributed by atoms with E-state index in [4.69, 9.17) is 18.9 Å². The largest absolute Gasteiger partial charge is 0.449 e. The molecule has 0 bridgehead atoms. The van der Waals surface area contributed by atoms with Crippen molar-refractivity contribution in [3.8, 4) is 11.1 Å². The number of anilines is 1. The van der Waals surface area contributed by atoms with E-state index in [0.717, 1.165) is 44.5 Å². The fourth-order valence-corrected chi connectivity index (χ4v) is 16.9. The fraction of sp³-hybridized carbons (Fsp3) is 0.417. The van der Waals surface area contributed by atoms with Crippen LogP contribution in [0.3, 0.4) is 0 Å². The number of alkyl carbamates (subject to hydrolysis) is 1. The average Bonchev–Trinajstić information content (AvgIpc) is 1.70. The summed E-state index contributed by atoms with van der Waals surface area (Å²) in [7, 11) is 6.17. The lowest BCUT2D eigenvalue weighted by atomic mass is 9.77. The van der Waals surface area contributed by atoms with Gasteiger partial charge in [0, 0.05) is 52.9 Å². The van der Waals surface area contributed by atoms with E-state index >= 15 is 4.79 Å². The molecule has 1 aliphatic carbocycles. The van der Waals surface area contributed by atoms with Crippen molar-refractivity contribution in [3.63, 3.8) is 0 Å². The first-order valence-electron chi connectivity index (χ1n) is 41.5. The van der Waals surface area contributed by atoms with Crippen LogP contribution in [-0.2, 0) is 66.3 Å². The molecule has 0 aromatic heterocycles. The van der Waals surface area contributed by atoms with Gasteiger partial charge in [0.2, 0.25) is 35.4 Å². The van der Waals surface area contributed by atoms with Gasteiger partial charge in [0.15, 0.2) is 0 Å². The zero-order valence-corrected chi connectivity index (χ0v) is 70.2. The van der Waals surface area contributed by atoms with E-state index in [9.17, 15) is 38.7 Å². The van der Waals surface area contributed by atoms with E-state index in [1.54, 1.807) is 80.9 Å². The van der Waals surface area contributed by atoms with Gasteiger partial charge >= 0.3 is 12.2 Å². The predicted molar refractivity (Wildman–Crippen MR) is 459 cm³/mol. The van der Waals surface area contributed by atoms with E-state index < -0.39 is 120 Å². The number of likely N-dealkylation sites (tertiary alicyclic amines) is 1. The number of ether oxygens (including phenoxy) is 4. The molecule has 0 saturated carbocycles. The van der Waals surface area contributed by atoms with Gasteiger partial charge in [-0.3, -0.25) is 39.0 Å². The normalized spacial score (nSPS) is 16.1. The van der Waals surface area contributed by atoms with Crippen LogP contribution in [0.25, 0.3) is 11.1 Å². The third-order valence-electron chi connectivity index (χ3n) is 23.5. The smallest absolute Gasteiger partial charge is 0.410 e. The second-order valence-electron chi connectivity index (χ2n) is 32.1. The Balaban J connectivity index is 0.787. The van der Waals surface area contributed by atoms with E-state index in [1.165, 1.54) is 26.2 Å². The molecule has 7 N–H and O–H groups in total.